The highest BCUT2D eigenvalue weighted by Crippen LogP contribution is 2.36. The topological polar surface area (TPSA) is 0 Å². The molecule has 98 valence electrons. The van der Waals surface area contributed by atoms with Gasteiger partial charge in [0.1, 0.15) is 8.07 Å². The molecule has 2 aliphatic carbocycles. The van der Waals surface area contributed by atoms with Crippen LogP contribution in [0.3, 0.4) is 0 Å². The molecule has 18 heavy (non-hydrogen) atoms. The van der Waals surface area contributed by atoms with Gasteiger partial charge in [0.05, 0.1) is 0 Å². The van der Waals surface area contributed by atoms with E-state index in [1.54, 1.807) is 16.0 Å². The van der Waals surface area contributed by atoms with Crippen LogP contribution in [0.5, 0.6) is 0 Å². The summed E-state index contributed by atoms with van der Waals surface area (Å²) in [5.74, 6) is 0. The lowest BCUT2D eigenvalue weighted by molar-refractivity contribution is 0.798. The Kier molecular flexibility index (Phi) is 4.69. The summed E-state index contributed by atoms with van der Waals surface area (Å²) in [6.45, 7) is 4.69. The van der Waals surface area contributed by atoms with Gasteiger partial charge in [0.25, 0.3) is 0 Å². The Morgan fingerprint density at radius 1 is 1.28 bits per heavy atom. The van der Waals surface area contributed by atoms with Crippen LogP contribution in [0.2, 0.25) is 6.55 Å². The zero-order chi connectivity index (χ0) is 13.0. The van der Waals surface area contributed by atoms with Crippen LogP contribution in [0.1, 0.15) is 39.0 Å². The van der Waals surface area contributed by atoms with Gasteiger partial charge in [0.2, 0.25) is 0 Å². The molecular weight excluding hydrogens is 256 g/mol. The maximum Gasteiger partial charge on any atom is 0.121 e. The molecule has 0 amide bonds. The van der Waals surface area contributed by atoms with Gasteiger partial charge in [0.15, 0.2) is 0 Å². The maximum atomic E-state index is 6.35. The molecule has 0 aliphatic heterocycles. The molecule has 0 heterocycles. The average Bonchev–Trinajstić information content (AvgIpc) is 3.06. The summed E-state index contributed by atoms with van der Waals surface area (Å²) in [5.41, 5.74) is 2.36. The van der Waals surface area contributed by atoms with Crippen LogP contribution in [0.25, 0.3) is 0 Å². The lowest BCUT2D eigenvalue weighted by Gasteiger charge is -2.28. The lowest BCUT2D eigenvalue weighted by Crippen LogP contribution is -2.38. The molecule has 2 aliphatic rings. The molecule has 1 unspecified atom stereocenters. The van der Waals surface area contributed by atoms with E-state index in [9.17, 15) is 0 Å². The van der Waals surface area contributed by atoms with E-state index in [0.29, 0.717) is 0 Å². The summed E-state index contributed by atoms with van der Waals surface area (Å²) < 4.78 is 0. The van der Waals surface area contributed by atoms with Gasteiger partial charge in [-0.25, -0.2) is 0 Å². The highest BCUT2D eigenvalue weighted by atomic mass is 35.5. The molecule has 0 radical (unpaired) electrons. The smallest absolute Gasteiger partial charge is 0.121 e. The van der Waals surface area contributed by atoms with Crippen molar-refractivity contribution in [2.45, 2.75) is 45.6 Å². The number of unbranched alkanes of at least 4 members (excludes halogenated alkanes) is 1. The van der Waals surface area contributed by atoms with Gasteiger partial charge >= 0.3 is 0 Å². The Bertz CT molecular complexity index is 428. The van der Waals surface area contributed by atoms with Gasteiger partial charge in [-0.05, 0) is 25.7 Å². The van der Waals surface area contributed by atoms with Crippen molar-refractivity contribution in [2.75, 3.05) is 5.50 Å². The van der Waals surface area contributed by atoms with Crippen molar-refractivity contribution in [3.63, 3.8) is 0 Å². The van der Waals surface area contributed by atoms with Crippen LogP contribution in [-0.2, 0) is 0 Å². The molecule has 0 nitrogen and oxygen atoms in total. The Morgan fingerprint density at radius 3 is 2.72 bits per heavy atom. The summed E-state index contributed by atoms with van der Waals surface area (Å²) >= 11 is 6.35. The second-order valence-corrected chi connectivity index (χ2v) is 10.6. The van der Waals surface area contributed by atoms with Crippen molar-refractivity contribution >= 4 is 19.7 Å². The van der Waals surface area contributed by atoms with Crippen LogP contribution >= 0.6 is 11.6 Å². The van der Waals surface area contributed by atoms with E-state index in [2.05, 4.69) is 43.9 Å². The highest BCUT2D eigenvalue weighted by molar-refractivity contribution is 6.96. The summed E-state index contributed by atoms with van der Waals surface area (Å²) in [6.07, 6.45) is 17.7. The third kappa shape index (κ3) is 2.72. The first-order valence-electron chi connectivity index (χ1n) is 7.03. The molecular formula is C16H23ClSi. The van der Waals surface area contributed by atoms with Gasteiger partial charge in [-0.3, -0.25) is 0 Å². The van der Waals surface area contributed by atoms with Crippen molar-refractivity contribution in [3.05, 3.63) is 46.3 Å². The molecule has 0 bridgehead atoms. The van der Waals surface area contributed by atoms with Crippen LogP contribution in [0.4, 0.5) is 0 Å². The van der Waals surface area contributed by atoms with Crippen molar-refractivity contribution in [1.29, 1.82) is 0 Å². The van der Waals surface area contributed by atoms with Crippen LogP contribution < -0.4 is 0 Å². The number of halogens is 1. The van der Waals surface area contributed by atoms with Gasteiger partial charge in [-0.15, -0.1) is 11.6 Å². The van der Waals surface area contributed by atoms with E-state index in [4.69, 9.17) is 11.6 Å². The molecule has 0 aromatic carbocycles. The Labute approximate surface area is 117 Å². The number of allylic oxidation sites excluding steroid dienone is 8. The zero-order valence-corrected chi connectivity index (χ0v) is 13.3. The van der Waals surface area contributed by atoms with Crippen LogP contribution in [0.15, 0.2) is 46.3 Å². The van der Waals surface area contributed by atoms with E-state index < -0.39 is 8.07 Å². The molecule has 0 fully saturated rings. The standard InChI is InChI=1S/C16H23ClSi/c1-3-4-7-14-10-11-16(12-14)18(2,13-17)15-8-5-6-9-15/h5-6,8,10,12H,3-4,7,9,11,13H2,1-2H3. The molecule has 0 saturated carbocycles. The maximum absolute atomic E-state index is 6.35. The first kappa shape index (κ1) is 13.9. The minimum absolute atomic E-state index is 0.821. The highest BCUT2D eigenvalue weighted by Gasteiger charge is 2.35. The average molecular weight is 279 g/mol. The number of alkyl halides is 1. The predicted molar refractivity (Wildman–Crippen MR) is 84.5 cm³/mol. The number of hydrogen-bond donors (Lipinski definition) is 0. The SMILES string of the molecule is CCCCC1=CCC([Si](C)(CCl)C2=CC=CC2)=C1. The Balaban J connectivity index is 2.11. The van der Waals surface area contributed by atoms with E-state index in [0.717, 1.165) is 18.3 Å². The lowest BCUT2D eigenvalue weighted by atomic mass is 10.1. The largest absolute Gasteiger partial charge is 0.129 e. The number of rotatable bonds is 6. The fraction of sp³-hybridized carbons (Fsp3) is 0.500. The second kappa shape index (κ2) is 6.07. The summed E-state index contributed by atoms with van der Waals surface area (Å²) in [5, 5.41) is 3.24. The third-order valence-corrected chi connectivity index (χ3v) is 9.91. The summed E-state index contributed by atoms with van der Waals surface area (Å²) in [4.78, 5) is 0. The number of hydrogen-bond acceptors (Lipinski definition) is 0. The first-order valence-corrected chi connectivity index (χ1v) is 10.3. The summed E-state index contributed by atoms with van der Waals surface area (Å²) in [6, 6.07) is 0. The first-order chi connectivity index (χ1) is 8.70. The molecule has 0 aromatic heterocycles. The van der Waals surface area contributed by atoms with E-state index in [-0.39, 0.29) is 0 Å². The molecule has 1 atom stereocenters. The van der Waals surface area contributed by atoms with Crippen molar-refractivity contribution in [2.24, 2.45) is 0 Å². The van der Waals surface area contributed by atoms with E-state index >= 15 is 0 Å². The van der Waals surface area contributed by atoms with Gasteiger partial charge < -0.3 is 0 Å². The van der Waals surface area contributed by atoms with E-state index in [1.165, 1.54) is 19.3 Å². The molecule has 0 N–H and O–H groups in total. The minimum atomic E-state index is -1.57. The fourth-order valence-electron chi connectivity index (χ4n) is 2.76. The Morgan fingerprint density at radius 2 is 2.11 bits per heavy atom. The predicted octanol–water partition coefficient (Wildman–Crippen LogP) is 5.25. The van der Waals surface area contributed by atoms with Crippen molar-refractivity contribution in [1.82, 2.24) is 0 Å². The zero-order valence-electron chi connectivity index (χ0n) is 11.5. The normalized spacial score (nSPS) is 21.6. The summed E-state index contributed by atoms with van der Waals surface area (Å²) in [7, 11) is -1.57. The molecule has 0 aromatic rings. The van der Waals surface area contributed by atoms with Gasteiger partial charge in [0, 0.05) is 5.50 Å². The van der Waals surface area contributed by atoms with Gasteiger partial charge in [-0.2, -0.15) is 0 Å². The molecule has 0 spiro atoms. The Hall–Kier alpha value is -0.533. The third-order valence-electron chi connectivity index (χ3n) is 4.22. The minimum Gasteiger partial charge on any atom is -0.129 e. The fourth-order valence-corrected chi connectivity index (χ4v) is 6.63. The molecule has 0 saturated heterocycles. The monoisotopic (exact) mass is 278 g/mol. The van der Waals surface area contributed by atoms with E-state index in [1.807, 2.05) is 0 Å². The van der Waals surface area contributed by atoms with Crippen LogP contribution in [0, 0.1) is 0 Å². The van der Waals surface area contributed by atoms with Crippen molar-refractivity contribution in [3.8, 4) is 0 Å². The molecule has 2 rings (SSSR count). The second-order valence-electron chi connectivity index (χ2n) is 5.55. The van der Waals surface area contributed by atoms with Gasteiger partial charge in [-0.1, -0.05) is 66.2 Å². The van der Waals surface area contributed by atoms with Crippen LogP contribution in [-0.4, -0.2) is 13.6 Å². The quantitative estimate of drug-likeness (QED) is 0.460. The van der Waals surface area contributed by atoms with Crippen molar-refractivity contribution < 1.29 is 0 Å². The molecule has 2 heteroatoms.